The Bertz CT molecular complexity index is 561. The molecule has 114 valence electrons. The zero-order chi connectivity index (χ0) is 15.5. The third-order valence-corrected chi connectivity index (χ3v) is 2.67. The molecule has 0 aliphatic carbocycles. The molecule has 1 amide bonds. The van der Waals surface area contributed by atoms with Crippen molar-refractivity contribution in [1.29, 1.82) is 0 Å². The number of fused-ring (bicyclic) bond motifs is 1. The van der Waals surface area contributed by atoms with Crippen LogP contribution in [0, 0.1) is 0 Å². The average Bonchev–Trinajstić information content (AvgIpc) is 2.42. The van der Waals surface area contributed by atoms with E-state index in [1.165, 1.54) is 0 Å². The van der Waals surface area contributed by atoms with Gasteiger partial charge in [0.1, 0.15) is 18.8 Å². The number of benzene rings is 1. The third-order valence-electron chi connectivity index (χ3n) is 2.67. The smallest absolute Gasteiger partial charge is 0.428 e. The fourth-order valence-corrected chi connectivity index (χ4v) is 1.76. The first-order valence-electron chi connectivity index (χ1n) is 6.78. The summed E-state index contributed by atoms with van der Waals surface area (Å²) in [5.41, 5.74) is 3.31. The van der Waals surface area contributed by atoms with Crippen molar-refractivity contribution in [2.75, 3.05) is 13.2 Å². The first kappa shape index (κ1) is 15.2. The van der Waals surface area contributed by atoms with Crippen molar-refractivity contribution in [3.05, 3.63) is 23.8 Å². The standard InChI is InChI=1S/C15H20N2O4/c1-10(16-17-14(18)21-15(2,3)4)11-5-6-12-13(9-11)20-8-7-19-12/h5-6,9H,7-8H2,1-4H3,(H,17,18)/b16-10-. The first-order chi connectivity index (χ1) is 9.85. The number of ether oxygens (including phenoxy) is 3. The molecule has 2 rings (SSSR count). The molecule has 0 bridgehead atoms. The molecule has 21 heavy (non-hydrogen) atoms. The lowest BCUT2D eigenvalue weighted by Gasteiger charge is -2.19. The molecule has 0 saturated heterocycles. The normalized spacial score (nSPS) is 14.6. The van der Waals surface area contributed by atoms with E-state index in [4.69, 9.17) is 14.2 Å². The predicted molar refractivity (Wildman–Crippen MR) is 79.0 cm³/mol. The topological polar surface area (TPSA) is 69.2 Å². The van der Waals surface area contributed by atoms with Gasteiger partial charge in [-0.05, 0) is 45.9 Å². The second-order valence-corrected chi connectivity index (χ2v) is 5.67. The Kier molecular flexibility index (Phi) is 4.35. The van der Waals surface area contributed by atoms with Crippen LogP contribution >= 0.6 is 0 Å². The zero-order valence-corrected chi connectivity index (χ0v) is 12.7. The van der Waals surface area contributed by atoms with Gasteiger partial charge in [-0.2, -0.15) is 5.10 Å². The SMILES string of the molecule is C/C(=N/NC(=O)OC(C)(C)C)c1ccc2c(c1)OCCO2. The van der Waals surface area contributed by atoms with Crippen molar-refractivity contribution in [3.63, 3.8) is 0 Å². The number of nitrogens with zero attached hydrogens (tertiary/aromatic N) is 1. The van der Waals surface area contributed by atoms with Gasteiger partial charge in [-0.3, -0.25) is 0 Å². The van der Waals surface area contributed by atoms with Crippen LogP contribution in [0.5, 0.6) is 11.5 Å². The molecular weight excluding hydrogens is 272 g/mol. The van der Waals surface area contributed by atoms with Crippen LogP contribution in [0.4, 0.5) is 4.79 Å². The van der Waals surface area contributed by atoms with E-state index in [0.29, 0.717) is 24.7 Å². The van der Waals surface area contributed by atoms with E-state index in [2.05, 4.69) is 10.5 Å². The molecule has 0 atom stereocenters. The fourth-order valence-electron chi connectivity index (χ4n) is 1.76. The van der Waals surface area contributed by atoms with E-state index in [1.807, 2.05) is 18.2 Å². The maximum Gasteiger partial charge on any atom is 0.428 e. The number of carbonyl (C=O) groups excluding carboxylic acids is 1. The fraction of sp³-hybridized carbons (Fsp3) is 0.467. The molecule has 0 aromatic heterocycles. The van der Waals surface area contributed by atoms with Gasteiger partial charge in [0.25, 0.3) is 0 Å². The highest BCUT2D eigenvalue weighted by molar-refractivity contribution is 5.99. The second-order valence-electron chi connectivity index (χ2n) is 5.67. The van der Waals surface area contributed by atoms with Crippen LogP contribution in [0.25, 0.3) is 0 Å². The second kappa shape index (κ2) is 6.03. The van der Waals surface area contributed by atoms with E-state index in [1.54, 1.807) is 27.7 Å². The molecule has 0 fully saturated rings. The lowest BCUT2D eigenvalue weighted by atomic mass is 10.1. The molecule has 0 spiro atoms. The summed E-state index contributed by atoms with van der Waals surface area (Å²) in [5.74, 6) is 1.41. The first-order valence-corrected chi connectivity index (χ1v) is 6.78. The summed E-state index contributed by atoms with van der Waals surface area (Å²) < 4.78 is 16.1. The van der Waals surface area contributed by atoms with Gasteiger partial charge in [0, 0.05) is 5.56 Å². The molecule has 0 unspecified atom stereocenters. The number of carbonyl (C=O) groups is 1. The highest BCUT2D eigenvalue weighted by Crippen LogP contribution is 2.30. The summed E-state index contributed by atoms with van der Waals surface area (Å²) in [4.78, 5) is 11.5. The summed E-state index contributed by atoms with van der Waals surface area (Å²) in [7, 11) is 0. The van der Waals surface area contributed by atoms with E-state index in [9.17, 15) is 4.79 Å². The molecular formula is C15H20N2O4. The number of rotatable bonds is 2. The summed E-state index contributed by atoms with van der Waals surface area (Å²) >= 11 is 0. The van der Waals surface area contributed by atoms with E-state index in [-0.39, 0.29) is 0 Å². The highest BCUT2D eigenvalue weighted by Gasteiger charge is 2.16. The number of amides is 1. The van der Waals surface area contributed by atoms with Crippen LogP contribution in [0.2, 0.25) is 0 Å². The number of nitrogens with one attached hydrogen (secondary N) is 1. The van der Waals surface area contributed by atoms with Gasteiger partial charge in [-0.25, -0.2) is 10.2 Å². The molecule has 1 heterocycles. The van der Waals surface area contributed by atoms with Gasteiger partial charge in [0.15, 0.2) is 11.5 Å². The number of hydrogen-bond donors (Lipinski definition) is 1. The van der Waals surface area contributed by atoms with Crippen LogP contribution in [0.15, 0.2) is 23.3 Å². The van der Waals surface area contributed by atoms with Gasteiger partial charge in [-0.1, -0.05) is 0 Å². The molecule has 0 radical (unpaired) electrons. The molecule has 0 saturated carbocycles. The van der Waals surface area contributed by atoms with Crippen molar-refractivity contribution < 1.29 is 19.0 Å². The molecule has 1 aliphatic rings. The van der Waals surface area contributed by atoms with Gasteiger partial charge in [0.2, 0.25) is 0 Å². The van der Waals surface area contributed by atoms with Gasteiger partial charge < -0.3 is 14.2 Å². The summed E-state index contributed by atoms with van der Waals surface area (Å²) in [6.45, 7) is 8.27. The molecule has 1 aromatic carbocycles. The minimum Gasteiger partial charge on any atom is -0.486 e. The Labute approximate surface area is 124 Å². The minimum atomic E-state index is -0.584. The Hall–Kier alpha value is -2.24. The van der Waals surface area contributed by atoms with Gasteiger partial charge in [0.05, 0.1) is 5.71 Å². The Morgan fingerprint density at radius 2 is 1.90 bits per heavy atom. The Balaban J connectivity index is 2.04. The van der Waals surface area contributed by atoms with Crippen LogP contribution in [-0.4, -0.2) is 30.6 Å². The van der Waals surface area contributed by atoms with Crippen LogP contribution in [-0.2, 0) is 4.74 Å². The number of hydrazone groups is 1. The van der Waals surface area contributed by atoms with Crippen LogP contribution < -0.4 is 14.9 Å². The van der Waals surface area contributed by atoms with Gasteiger partial charge >= 0.3 is 6.09 Å². The van der Waals surface area contributed by atoms with Crippen molar-refractivity contribution in [1.82, 2.24) is 5.43 Å². The maximum absolute atomic E-state index is 11.5. The van der Waals surface area contributed by atoms with Crippen LogP contribution in [0.3, 0.4) is 0 Å². The number of hydrogen-bond acceptors (Lipinski definition) is 5. The van der Waals surface area contributed by atoms with Crippen LogP contribution in [0.1, 0.15) is 33.3 Å². The van der Waals surface area contributed by atoms with Gasteiger partial charge in [-0.15, -0.1) is 0 Å². The summed E-state index contributed by atoms with van der Waals surface area (Å²) in [6.07, 6.45) is -0.584. The average molecular weight is 292 g/mol. The molecule has 1 aliphatic heterocycles. The molecule has 6 heteroatoms. The largest absolute Gasteiger partial charge is 0.486 e. The van der Waals surface area contributed by atoms with Crippen molar-refractivity contribution >= 4 is 11.8 Å². The molecule has 1 N–H and O–H groups in total. The molecule has 6 nitrogen and oxygen atoms in total. The summed E-state index contributed by atoms with van der Waals surface area (Å²) in [6, 6.07) is 5.53. The highest BCUT2D eigenvalue weighted by atomic mass is 16.6. The maximum atomic E-state index is 11.5. The van der Waals surface area contributed by atoms with E-state index in [0.717, 1.165) is 11.3 Å². The lowest BCUT2D eigenvalue weighted by Crippen LogP contribution is -2.30. The Morgan fingerprint density at radius 1 is 1.24 bits per heavy atom. The third kappa shape index (κ3) is 4.37. The monoisotopic (exact) mass is 292 g/mol. The predicted octanol–water partition coefficient (Wildman–Crippen LogP) is 2.71. The van der Waals surface area contributed by atoms with Crippen molar-refractivity contribution in [3.8, 4) is 11.5 Å². The van der Waals surface area contributed by atoms with Crippen molar-refractivity contribution in [2.45, 2.75) is 33.3 Å². The lowest BCUT2D eigenvalue weighted by molar-refractivity contribution is 0.0529. The van der Waals surface area contributed by atoms with Crippen molar-refractivity contribution in [2.24, 2.45) is 5.10 Å². The summed E-state index contributed by atoms with van der Waals surface area (Å²) in [5, 5.41) is 4.02. The van der Waals surface area contributed by atoms with E-state index >= 15 is 0 Å². The minimum absolute atomic E-state index is 0.531. The molecule has 1 aromatic rings. The van der Waals surface area contributed by atoms with E-state index < -0.39 is 11.7 Å². The Morgan fingerprint density at radius 3 is 2.57 bits per heavy atom. The quantitative estimate of drug-likeness (QED) is 0.672. The zero-order valence-electron chi connectivity index (χ0n) is 12.7.